The van der Waals surface area contributed by atoms with Crippen LogP contribution in [0.2, 0.25) is 0 Å². The van der Waals surface area contributed by atoms with Crippen LogP contribution in [-0.4, -0.2) is 53.3 Å². The number of anilines is 1. The molecule has 0 saturated carbocycles. The van der Waals surface area contributed by atoms with Crippen molar-refractivity contribution in [2.45, 2.75) is 45.1 Å². The van der Waals surface area contributed by atoms with E-state index in [1.807, 2.05) is 18.7 Å². The number of likely N-dealkylation sites (tertiary alicyclic amines) is 1. The second kappa shape index (κ2) is 9.69. The van der Waals surface area contributed by atoms with Gasteiger partial charge in [-0.2, -0.15) is 0 Å². The smallest absolute Gasteiger partial charge is 0.317 e. The number of hydrogen-bond donors (Lipinski definition) is 2. The van der Waals surface area contributed by atoms with Gasteiger partial charge in [-0.1, -0.05) is 18.3 Å². The van der Waals surface area contributed by atoms with Crippen LogP contribution in [0.1, 0.15) is 53.8 Å². The first-order valence-corrected chi connectivity index (χ1v) is 10.7. The molecule has 9 heteroatoms. The molecule has 0 aliphatic carbocycles. The van der Waals surface area contributed by atoms with Gasteiger partial charge < -0.3 is 20.3 Å². The summed E-state index contributed by atoms with van der Waals surface area (Å²) in [5.74, 6) is 0.535. The Balaban J connectivity index is 1.60. The minimum Gasteiger partial charge on any atom is -0.497 e. The number of aromatic nitrogens is 2. The Hall–Kier alpha value is -2.68. The van der Waals surface area contributed by atoms with E-state index in [0.717, 1.165) is 36.6 Å². The quantitative estimate of drug-likeness (QED) is 0.750. The minimum atomic E-state index is -0.291. The van der Waals surface area contributed by atoms with Crippen molar-refractivity contribution in [1.82, 2.24) is 20.4 Å². The third-order valence-electron chi connectivity index (χ3n) is 5.02. The molecule has 1 aliphatic rings. The maximum Gasteiger partial charge on any atom is 0.317 e. The molecular formula is C20H27N5O3S. The predicted molar refractivity (Wildman–Crippen MR) is 113 cm³/mol. The topological polar surface area (TPSA) is 96.5 Å². The molecule has 1 fully saturated rings. The fourth-order valence-corrected chi connectivity index (χ4v) is 3.98. The van der Waals surface area contributed by atoms with Crippen LogP contribution in [0.3, 0.4) is 0 Å². The van der Waals surface area contributed by atoms with Gasteiger partial charge in [-0.05, 0) is 50.5 Å². The molecule has 0 bridgehead atoms. The van der Waals surface area contributed by atoms with Crippen molar-refractivity contribution in [3.63, 3.8) is 0 Å². The molecule has 0 unspecified atom stereocenters. The van der Waals surface area contributed by atoms with Gasteiger partial charge in [0.05, 0.1) is 7.11 Å². The minimum absolute atomic E-state index is 0.0361. The largest absolute Gasteiger partial charge is 0.497 e. The number of nitrogens with one attached hydrogen (secondary N) is 2. The molecule has 2 N–H and O–H groups in total. The number of benzene rings is 1. The second-order valence-corrected chi connectivity index (χ2v) is 8.18. The van der Waals surface area contributed by atoms with Crippen LogP contribution in [0.15, 0.2) is 24.3 Å². The van der Waals surface area contributed by atoms with E-state index in [1.165, 1.54) is 11.3 Å². The van der Waals surface area contributed by atoms with E-state index in [-0.39, 0.29) is 23.9 Å². The lowest BCUT2D eigenvalue weighted by atomic mass is 9.99. The van der Waals surface area contributed by atoms with Crippen molar-refractivity contribution in [2.75, 3.05) is 25.5 Å². The average molecular weight is 418 g/mol. The third kappa shape index (κ3) is 5.44. The summed E-state index contributed by atoms with van der Waals surface area (Å²) in [6.45, 7) is 5.38. The summed E-state index contributed by atoms with van der Waals surface area (Å²) in [5.41, 5.74) is 0.665. The van der Waals surface area contributed by atoms with Crippen molar-refractivity contribution in [3.8, 4) is 5.75 Å². The Kier molecular flexibility index (Phi) is 7.03. The molecule has 3 amide bonds. The summed E-state index contributed by atoms with van der Waals surface area (Å²) in [7, 11) is 1.59. The van der Waals surface area contributed by atoms with Crippen molar-refractivity contribution >= 4 is 29.0 Å². The molecule has 1 aromatic heterocycles. The van der Waals surface area contributed by atoms with Crippen LogP contribution in [0.4, 0.5) is 10.5 Å². The van der Waals surface area contributed by atoms with E-state index in [0.29, 0.717) is 17.2 Å². The van der Waals surface area contributed by atoms with E-state index >= 15 is 0 Å². The van der Waals surface area contributed by atoms with Gasteiger partial charge in [0, 0.05) is 30.7 Å². The van der Waals surface area contributed by atoms with Gasteiger partial charge >= 0.3 is 6.03 Å². The highest BCUT2D eigenvalue weighted by atomic mass is 32.1. The number of carbonyl (C=O) groups is 2. The van der Waals surface area contributed by atoms with Gasteiger partial charge in [0.2, 0.25) is 5.01 Å². The monoisotopic (exact) mass is 417 g/mol. The normalized spacial score (nSPS) is 17.5. The van der Waals surface area contributed by atoms with Crippen LogP contribution in [0.5, 0.6) is 5.75 Å². The van der Waals surface area contributed by atoms with Crippen LogP contribution >= 0.6 is 11.3 Å². The third-order valence-corrected chi connectivity index (χ3v) is 6.11. The summed E-state index contributed by atoms with van der Waals surface area (Å²) in [5, 5.41) is 15.2. The van der Waals surface area contributed by atoms with Crippen molar-refractivity contribution in [2.24, 2.45) is 0 Å². The summed E-state index contributed by atoms with van der Waals surface area (Å²) in [4.78, 5) is 26.7. The van der Waals surface area contributed by atoms with Gasteiger partial charge in [-0.3, -0.25) is 4.79 Å². The van der Waals surface area contributed by atoms with Gasteiger partial charge in [0.15, 0.2) is 0 Å². The van der Waals surface area contributed by atoms with Gasteiger partial charge in [0.25, 0.3) is 5.91 Å². The molecule has 3 rings (SSSR count). The number of rotatable bonds is 6. The molecule has 1 aliphatic heterocycles. The molecule has 8 nitrogen and oxygen atoms in total. The fourth-order valence-electron chi connectivity index (χ4n) is 3.12. The van der Waals surface area contributed by atoms with Crippen LogP contribution in [-0.2, 0) is 0 Å². The number of urea groups is 1. The highest BCUT2D eigenvalue weighted by molar-refractivity contribution is 7.13. The SMILES string of the molecule is CC[C@@H](C)NC(=O)N1CCC[C@H](c2nnc(C(=O)Nc3ccc(OC)cc3)s2)C1. The molecule has 156 valence electrons. The zero-order valence-corrected chi connectivity index (χ0v) is 17.8. The lowest BCUT2D eigenvalue weighted by Gasteiger charge is -2.32. The Bertz CT molecular complexity index is 839. The Morgan fingerprint density at radius 2 is 2.07 bits per heavy atom. The number of methoxy groups -OCH3 is 1. The van der Waals surface area contributed by atoms with Crippen molar-refractivity contribution in [1.29, 1.82) is 0 Å². The second-order valence-electron chi connectivity index (χ2n) is 7.17. The summed E-state index contributed by atoms with van der Waals surface area (Å²) < 4.78 is 5.12. The molecule has 2 heterocycles. The number of amides is 3. The molecular weight excluding hydrogens is 390 g/mol. The average Bonchev–Trinajstić information content (AvgIpc) is 3.25. The number of hydrogen-bond acceptors (Lipinski definition) is 6. The van der Waals surface area contributed by atoms with Gasteiger partial charge in [0.1, 0.15) is 10.8 Å². The van der Waals surface area contributed by atoms with Crippen LogP contribution < -0.4 is 15.4 Å². The van der Waals surface area contributed by atoms with Crippen molar-refractivity contribution < 1.29 is 14.3 Å². The van der Waals surface area contributed by atoms with Crippen LogP contribution in [0, 0.1) is 0 Å². The lowest BCUT2D eigenvalue weighted by molar-refractivity contribution is 0.102. The molecule has 29 heavy (non-hydrogen) atoms. The predicted octanol–water partition coefficient (Wildman–Crippen LogP) is 3.49. The van der Waals surface area contributed by atoms with Crippen molar-refractivity contribution in [3.05, 3.63) is 34.3 Å². The van der Waals surface area contributed by atoms with E-state index in [9.17, 15) is 9.59 Å². The molecule has 2 aromatic rings. The lowest BCUT2D eigenvalue weighted by Crippen LogP contribution is -2.47. The highest BCUT2D eigenvalue weighted by Crippen LogP contribution is 2.29. The number of piperidine rings is 1. The highest BCUT2D eigenvalue weighted by Gasteiger charge is 2.28. The Morgan fingerprint density at radius 1 is 1.31 bits per heavy atom. The first-order chi connectivity index (χ1) is 14.0. The number of ether oxygens (including phenoxy) is 1. The maximum absolute atomic E-state index is 12.5. The Labute approximate surface area is 174 Å². The van der Waals surface area contributed by atoms with E-state index < -0.39 is 0 Å². The van der Waals surface area contributed by atoms with E-state index in [2.05, 4.69) is 20.8 Å². The first-order valence-electron chi connectivity index (χ1n) is 9.84. The summed E-state index contributed by atoms with van der Waals surface area (Å²) in [6, 6.07) is 7.22. The zero-order chi connectivity index (χ0) is 20.8. The molecule has 2 atom stereocenters. The molecule has 1 saturated heterocycles. The maximum atomic E-state index is 12.5. The van der Waals surface area contributed by atoms with Gasteiger partial charge in [-0.15, -0.1) is 10.2 Å². The first kappa shape index (κ1) is 21.0. The molecule has 0 radical (unpaired) electrons. The summed E-state index contributed by atoms with van der Waals surface area (Å²) >= 11 is 1.29. The zero-order valence-electron chi connectivity index (χ0n) is 17.0. The number of nitrogens with zero attached hydrogens (tertiary/aromatic N) is 3. The van der Waals surface area contributed by atoms with E-state index in [4.69, 9.17) is 4.74 Å². The van der Waals surface area contributed by atoms with Gasteiger partial charge in [-0.25, -0.2) is 4.79 Å². The van der Waals surface area contributed by atoms with E-state index in [1.54, 1.807) is 31.4 Å². The molecule has 1 aromatic carbocycles. The number of carbonyl (C=O) groups excluding carboxylic acids is 2. The molecule has 0 spiro atoms. The Morgan fingerprint density at radius 3 is 2.76 bits per heavy atom. The standard InChI is InChI=1S/C20H27N5O3S/c1-4-13(2)21-20(27)25-11-5-6-14(12-25)18-23-24-19(29-18)17(26)22-15-7-9-16(28-3)10-8-15/h7-10,13-14H,4-6,11-12H2,1-3H3,(H,21,27)(H,22,26)/t13-,14+/m1/s1. The van der Waals surface area contributed by atoms with Crippen LogP contribution in [0.25, 0.3) is 0 Å². The fraction of sp³-hybridized carbons (Fsp3) is 0.500. The summed E-state index contributed by atoms with van der Waals surface area (Å²) in [6.07, 6.45) is 2.74.